The van der Waals surface area contributed by atoms with Gasteiger partial charge >= 0.3 is 0 Å². The molecule has 2 N–H and O–H groups in total. The van der Waals surface area contributed by atoms with E-state index in [2.05, 4.69) is 49.4 Å². The van der Waals surface area contributed by atoms with Crippen LogP contribution in [0.5, 0.6) is 0 Å². The van der Waals surface area contributed by atoms with Crippen molar-refractivity contribution >= 4 is 10.8 Å². The summed E-state index contributed by atoms with van der Waals surface area (Å²) >= 11 is 0. The van der Waals surface area contributed by atoms with Crippen molar-refractivity contribution in [2.75, 3.05) is 0 Å². The number of nitrogens with two attached hydrogens (primary N) is 1. The first-order valence-electron chi connectivity index (χ1n) is 8.53. The van der Waals surface area contributed by atoms with Crippen molar-refractivity contribution in [2.24, 2.45) is 5.73 Å². The van der Waals surface area contributed by atoms with Crippen LogP contribution in [0.1, 0.15) is 57.4 Å². The van der Waals surface area contributed by atoms with Gasteiger partial charge in [0.05, 0.1) is 0 Å². The first-order valence-corrected chi connectivity index (χ1v) is 8.53. The molecule has 0 bridgehead atoms. The Bertz CT molecular complexity index is 532. The van der Waals surface area contributed by atoms with Gasteiger partial charge in [0.1, 0.15) is 0 Å². The van der Waals surface area contributed by atoms with Gasteiger partial charge in [0, 0.05) is 6.04 Å². The van der Waals surface area contributed by atoms with Crippen LogP contribution in [0.25, 0.3) is 10.8 Å². The second kappa shape index (κ2) is 8.84. The summed E-state index contributed by atoms with van der Waals surface area (Å²) in [6.07, 6.45) is 10.2. The summed E-state index contributed by atoms with van der Waals surface area (Å²) < 4.78 is 0. The van der Waals surface area contributed by atoms with Crippen molar-refractivity contribution in [3.63, 3.8) is 0 Å². The molecule has 0 spiro atoms. The third-order valence-corrected chi connectivity index (χ3v) is 4.24. The zero-order valence-corrected chi connectivity index (χ0v) is 13.4. The first-order chi connectivity index (χ1) is 10.3. The van der Waals surface area contributed by atoms with Gasteiger partial charge in [0.25, 0.3) is 0 Å². The summed E-state index contributed by atoms with van der Waals surface area (Å²) in [7, 11) is 0. The number of hydrogen-bond donors (Lipinski definition) is 1. The van der Waals surface area contributed by atoms with Crippen LogP contribution in [0.15, 0.2) is 42.5 Å². The van der Waals surface area contributed by atoms with Crippen molar-refractivity contribution in [3.8, 4) is 0 Å². The van der Waals surface area contributed by atoms with Gasteiger partial charge < -0.3 is 5.73 Å². The fourth-order valence-corrected chi connectivity index (χ4v) is 2.96. The first kappa shape index (κ1) is 16.0. The minimum Gasteiger partial charge on any atom is -0.327 e. The second-order valence-corrected chi connectivity index (χ2v) is 6.20. The molecule has 114 valence electrons. The van der Waals surface area contributed by atoms with E-state index in [1.807, 2.05) is 0 Å². The summed E-state index contributed by atoms with van der Waals surface area (Å²) in [4.78, 5) is 0. The third-order valence-electron chi connectivity index (χ3n) is 4.24. The Kier molecular flexibility index (Phi) is 6.75. The molecule has 0 aliphatic carbocycles. The minimum atomic E-state index is 0.303. The standard InChI is InChI=1S/C20H29N/c1-2-3-4-5-6-7-12-20(21)16-17-13-14-18-10-8-9-11-19(18)15-17/h8-11,13-15,20H,2-7,12,16,21H2,1H3. The van der Waals surface area contributed by atoms with Crippen LogP contribution in [-0.4, -0.2) is 6.04 Å². The fourth-order valence-electron chi connectivity index (χ4n) is 2.96. The topological polar surface area (TPSA) is 26.0 Å². The smallest absolute Gasteiger partial charge is 0.00793 e. The van der Waals surface area contributed by atoms with Crippen molar-refractivity contribution in [1.29, 1.82) is 0 Å². The van der Waals surface area contributed by atoms with E-state index in [1.54, 1.807) is 0 Å². The van der Waals surface area contributed by atoms with Crippen LogP contribution < -0.4 is 5.73 Å². The Hall–Kier alpha value is -1.34. The van der Waals surface area contributed by atoms with Crippen LogP contribution in [-0.2, 0) is 6.42 Å². The number of rotatable bonds is 9. The van der Waals surface area contributed by atoms with Crippen molar-refractivity contribution < 1.29 is 0 Å². The predicted octanol–water partition coefficient (Wildman–Crippen LogP) is 5.46. The van der Waals surface area contributed by atoms with Crippen LogP contribution in [0.3, 0.4) is 0 Å². The van der Waals surface area contributed by atoms with Gasteiger partial charge in [-0.1, -0.05) is 87.9 Å². The maximum absolute atomic E-state index is 6.29. The lowest BCUT2D eigenvalue weighted by Gasteiger charge is -2.12. The molecule has 2 aromatic carbocycles. The molecule has 0 aliphatic heterocycles. The van der Waals surface area contributed by atoms with Gasteiger partial charge in [-0.15, -0.1) is 0 Å². The highest BCUT2D eigenvalue weighted by Crippen LogP contribution is 2.17. The lowest BCUT2D eigenvalue weighted by molar-refractivity contribution is 0.532. The maximum Gasteiger partial charge on any atom is 0.00793 e. The number of unbranched alkanes of at least 4 members (excludes halogenated alkanes) is 5. The van der Waals surface area contributed by atoms with Crippen molar-refractivity contribution in [3.05, 3.63) is 48.0 Å². The molecule has 0 radical (unpaired) electrons. The zero-order valence-electron chi connectivity index (χ0n) is 13.4. The second-order valence-electron chi connectivity index (χ2n) is 6.20. The summed E-state index contributed by atoms with van der Waals surface area (Å²) in [5, 5.41) is 2.63. The molecule has 2 rings (SSSR count). The number of hydrogen-bond acceptors (Lipinski definition) is 1. The van der Waals surface area contributed by atoms with E-state index < -0.39 is 0 Å². The molecule has 1 heteroatoms. The third kappa shape index (κ3) is 5.51. The normalized spacial score (nSPS) is 12.7. The van der Waals surface area contributed by atoms with Crippen LogP contribution in [0.4, 0.5) is 0 Å². The Labute approximate surface area is 129 Å². The van der Waals surface area contributed by atoms with Gasteiger partial charge in [-0.3, -0.25) is 0 Å². The molecule has 0 amide bonds. The van der Waals surface area contributed by atoms with E-state index in [-0.39, 0.29) is 0 Å². The number of benzene rings is 2. The Morgan fingerprint density at radius 2 is 1.57 bits per heavy atom. The van der Waals surface area contributed by atoms with Crippen molar-refractivity contribution in [1.82, 2.24) is 0 Å². The highest BCUT2D eigenvalue weighted by atomic mass is 14.6. The number of fused-ring (bicyclic) bond motifs is 1. The fraction of sp³-hybridized carbons (Fsp3) is 0.500. The van der Waals surface area contributed by atoms with E-state index in [0.29, 0.717) is 6.04 Å². The molecular formula is C20H29N. The quantitative estimate of drug-likeness (QED) is 0.607. The van der Waals surface area contributed by atoms with Gasteiger partial charge in [0.15, 0.2) is 0 Å². The van der Waals surface area contributed by atoms with Crippen LogP contribution in [0.2, 0.25) is 0 Å². The molecule has 0 heterocycles. The lowest BCUT2D eigenvalue weighted by atomic mass is 9.98. The van der Waals surface area contributed by atoms with Gasteiger partial charge in [-0.25, -0.2) is 0 Å². The molecule has 1 atom stereocenters. The van der Waals surface area contributed by atoms with Crippen LogP contribution >= 0.6 is 0 Å². The average molecular weight is 283 g/mol. The predicted molar refractivity (Wildman–Crippen MR) is 93.6 cm³/mol. The summed E-state index contributed by atoms with van der Waals surface area (Å²) in [6, 6.07) is 15.6. The van der Waals surface area contributed by atoms with Gasteiger partial charge in [-0.2, -0.15) is 0 Å². The minimum absolute atomic E-state index is 0.303. The highest BCUT2D eigenvalue weighted by molar-refractivity contribution is 5.82. The van der Waals surface area contributed by atoms with E-state index in [9.17, 15) is 0 Å². The molecule has 21 heavy (non-hydrogen) atoms. The van der Waals surface area contributed by atoms with E-state index in [4.69, 9.17) is 5.73 Å². The van der Waals surface area contributed by atoms with Gasteiger partial charge in [-0.05, 0) is 29.2 Å². The molecule has 0 saturated carbocycles. The van der Waals surface area contributed by atoms with E-state index >= 15 is 0 Å². The molecule has 0 fully saturated rings. The maximum atomic E-state index is 6.29. The Morgan fingerprint density at radius 1 is 0.857 bits per heavy atom. The molecule has 1 unspecified atom stereocenters. The average Bonchev–Trinajstić information content (AvgIpc) is 2.50. The molecule has 0 saturated heterocycles. The molecular weight excluding hydrogens is 254 g/mol. The SMILES string of the molecule is CCCCCCCCC(N)Cc1ccc2ccccc2c1. The molecule has 2 aromatic rings. The Morgan fingerprint density at radius 3 is 2.38 bits per heavy atom. The van der Waals surface area contributed by atoms with Crippen LogP contribution in [0, 0.1) is 0 Å². The van der Waals surface area contributed by atoms with Gasteiger partial charge in [0.2, 0.25) is 0 Å². The summed E-state index contributed by atoms with van der Waals surface area (Å²) in [5.74, 6) is 0. The molecule has 0 aromatic heterocycles. The molecule has 0 aliphatic rings. The van der Waals surface area contributed by atoms with E-state index in [1.165, 1.54) is 54.9 Å². The van der Waals surface area contributed by atoms with E-state index in [0.717, 1.165) is 12.8 Å². The van der Waals surface area contributed by atoms with Crippen molar-refractivity contribution in [2.45, 2.75) is 64.3 Å². The Balaban J connectivity index is 1.74. The molecule has 1 nitrogen and oxygen atoms in total. The monoisotopic (exact) mass is 283 g/mol. The summed E-state index contributed by atoms with van der Waals surface area (Å²) in [5.41, 5.74) is 7.66. The summed E-state index contributed by atoms with van der Waals surface area (Å²) in [6.45, 7) is 2.26. The largest absolute Gasteiger partial charge is 0.327 e. The highest BCUT2D eigenvalue weighted by Gasteiger charge is 2.05. The zero-order chi connectivity index (χ0) is 14.9. The lowest BCUT2D eigenvalue weighted by Crippen LogP contribution is -2.22.